The summed E-state index contributed by atoms with van der Waals surface area (Å²) >= 11 is 0. The molecule has 1 aromatic heterocycles. The van der Waals surface area contributed by atoms with Crippen LogP contribution in [0.15, 0.2) is 35.1 Å². The van der Waals surface area contributed by atoms with Crippen molar-refractivity contribution in [3.63, 3.8) is 0 Å². The predicted octanol–water partition coefficient (Wildman–Crippen LogP) is 1.33. The van der Waals surface area contributed by atoms with Crippen molar-refractivity contribution in [1.82, 2.24) is 15.1 Å². The Bertz CT molecular complexity index is 755. The number of aromatic nitrogens is 2. The number of H-pyrrole nitrogens is 1. The largest absolute Gasteiger partial charge is 0.383 e. The molecule has 1 aromatic carbocycles. The Hall–Kier alpha value is -2.63. The zero-order valence-electron chi connectivity index (χ0n) is 13.1. The van der Waals surface area contributed by atoms with Gasteiger partial charge in [-0.25, -0.2) is 5.10 Å². The molecule has 120 valence electrons. The number of rotatable bonds is 4. The summed E-state index contributed by atoms with van der Waals surface area (Å²) in [4.78, 5) is 26.0. The molecule has 0 aliphatic carbocycles. The van der Waals surface area contributed by atoms with Crippen LogP contribution < -0.4 is 10.9 Å². The van der Waals surface area contributed by atoms with Crippen molar-refractivity contribution in [2.45, 2.75) is 25.8 Å². The summed E-state index contributed by atoms with van der Waals surface area (Å²) in [5.41, 5.74) is 2.98. The standard InChI is InChI=1S/C17H20N4O2/c1-21(11-12-6-3-2-4-7-12)15(22)10-14-16-13(8-5-9-18-16)17(23)20-19-14/h2-4,6-7,18H,5,8-11H2,1H3,(H,20,23). The number of nitrogens with one attached hydrogen (secondary N) is 2. The van der Waals surface area contributed by atoms with Crippen molar-refractivity contribution in [2.75, 3.05) is 18.9 Å². The van der Waals surface area contributed by atoms with Gasteiger partial charge in [-0.3, -0.25) is 9.59 Å². The van der Waals surface area contributed by atoms with Crippen LogP contribution in [0.1, 0.15) is 23.2 Å². The van der Waals surface area contributed by atoms with Crippen molar-refractivity contribution in [3.8, 4) is 0 Å². The molecule has 0 fully saturated rings. The van der Waals surface area contributed by atoms with E-state index in [-0.39, 0.29) is 17.9 Å². The van der Waals surface area contributed by atoms with Crippen molar-refractivity contribution in [1.29, 1.82) is 0 Å². The highest BCUT2D eigenvalue weighted by molar-refractivity contribution is 5.80. The quantitative estimate of drug-likeness (QED) is 0.893. The van der Waals surface area contributed by atoms with Crippen LogP contribution in [-0.2, 0) is 24.2 Å². The lowest BCUT2D eigenvalue weighted by Gasteiger charge is -2.21. The molecule has 0 saturated carbocycles. The maximum atomic E-state index is 12.5. The Kier molecular flexibility index (Phi) is 4.41. The summed E-state index contributed by atoms with van der Waals surface area (Å²) in [6.07, 6.45) is 1.82. The molecule has 0 bridgehead atoms. The van der Waals surface area contributed by atoms with E-state index in [0.717, 1.165) is 30.6 Å². The first-order valence-electron chi connectivity index (χ1n) is 7.77. The smallest absolute Gasteiger partial charge is 0.269 e. The van der Waals surface area contributed by atoms with Gasteiger partial charge in [0.25, 0.3) is 5.56 Å². The molecule has 6 heteroatoms. The molecule has 0 saturated heterocycles. The molecule has 1 amide bonds. The number of likely N-dealkylation sites (N-methyl/N-ethyl adjacent to an activating group) is 1. The van der Waals surface area contributed by atoms with E-state index in [1.165, 1.54) is 0 Å². The zero-order chi connectivity index (χ0) is 16.2. The lowest BCUT2D eigenvalue weighted by Crippen LogP contribution is -2.30. The van der Waals surface area contributed by atoms with Crippen molar-refractivity contribution >= 4 is 11.6 Å². The molecule has 2 N–H and O–H groups in total. The Morgan fingerprint density at radius 3 is 2.87 bits per heavy atom. The predicted molar refractivity (Wildman–Crippen MR) is 88.3 cm³/mol. The van der Waals surface area contributed by atoms with Gasteiger partial charge in [-0.05, 0) is 18.4 Å². The van der Waals surface area contributed by atoms with E-state index in [2.05, 4.69) is 15.5 Å². The third kappa shape index (κ3) is 3.41. The highest BCUT2D eigenvalue weighted by atomic mass is 16.2. The van der Waals surface area contributed by atoms with E-state index in [1.807, 2.05) is 30.3 Å². The van der Waals surface area contributed by atoms with Crippen LogP contribution in [-0.4, -0.2) is 34.6 Å². The van der Waals surface area contributed by atoms with E-state index in [0.29, 0.717) is 17.8 Å². The molecule has 3 rings (SSSR count). The zero-order valence-corrected chi connectivity index (χ0v) is 13.1. The number of benzene rings is 1. The molecular formula is C17H20N4O2. The SMILES string of the molecule is CN(Cc1ccccc1)C(=O)Cc1n[nH]c(=O)c2c1NCCC2. The fraction of sp³-hybridized carbons (Fsp3) is 0.353. The Morgan fingerprint density at radius 1 is 1.30 bits per heavy atom. The first kappa shape index (κ1) is 15.3. The summed E-state index contributed by atoms with van der Waals surface area (Å²) in [7, 11) is 1.78. The summed E-state index contributed by atoms with van der Waals surface area (Å²) in [6, 6.07) is 9.85. The third-order valence-electron chi connectivity index (χ3n) is 4.07. The van der Waals surface area contributed by atoms with Crippen LogP contribution >= 0.6 is 0 Å². The highest BCUT2D eigenvalue weighted by Gasteiger charge is 2.20. The monoisotopic (exact) mass is 312 g/mol. The number of carbonyl (C=O) groups excluding carboxylic acids is 1. The van der Waals surface area contributed by atoms with Gasteiger partial charge in [-0.2, -0.15) is 5.10 Å². The number of hydrogen-bond donors (Lipinski definition) is 2. The number of anilines is 1. The Labute approximate surface area is 134 Å². The molecule has 0 unspecified atom stereocenters. The van der Waals surface area contributed by atoms with Crippen LogP contribution in [0.3, 0.4) is 0 Å². The second-order valence-corrected chi connectivity index (χ2v) is 5.80. The second kappa shape index (κ2) is 6.64. The van der Waals surface area contributed by atoms with Gasteiger partial charge < -0.3 is 10.2 Å². The number of aromatic amines is 1. The summed E-state index contributed by atoms with van der Waals surface area (Å²) in [5, 5.41) is 9.79. The first-order valence-corrected chi connectivity index (χ1v) is 7.77. The molecule has 1 aliphatic heterocycles. The fourth-order valence-corrected chi connectivity index (χ4v) is 2.81. The van der Waals surface area contributed by atoms with Gasteiger partial charge in [-0.15, -0.1) is 0 Å². The van der Waals surface area contributed by atoms with Gasteiger partial charge in [0.05, 0.1) is 17.8 Å². The maximum Gasteiger partial charge on any atom is 0.269 e. The number of hydrogen-bond acceptors (Lipinski definition) is 4. The number of fused-ring (bicyclic) bond motifs is 1. The van der Waals surface area contributed by atoms with E-state index < -0.39 is 0 Å². The van der Waals surface area contributed by atoms with Crippen LogP contribution in [0.25, 0.3) is 0 Å². The van der Waals surface area contributed by atoms with E-state index >= 15 is 0 Å². The molecule has 2 heterocycles. The molecule has 0 spiro atoms. The maximum absolute atomic E-state index is 12.5. The highest BCUT2D eigenvalue weighted by Crippen LogP contribution is 2.21. The molecule has 0 radical (unpaired) electrons. The third-order valence-corrected chi connectivity index (χ3v) is 4.07. The van der Waals surface area contributed by atoms with Crippen LogP contribution in [0.2, 0.25) is 0 Å². The first-order chi connectivity index (χ1) is 11.1. The number of nitrogens with zero attached hydrogens (tertiary/aromatic N) is 2. The lowest BCUT2D eigenvalue weighted by atomic mass is 10.0. The minimum Gasteiger partial charge on any atom is -0.383 e. The van der Waals surface area contributed by atoms with Crippen LogP contribution in [0.4, 0.5) is 5.69 Å². The lowest BCUT2D eigenvalue weighted by molar-refractivity contribution is -0.129. The summed E-state index contributed by atoms with van der Waals surface area (Å²) in [6.45, 7) is 1.36. The van der Waals surface area contributed by atoms with E-state index in [4.69, 9.17) is 0 Å². The van der Waals surface area contributed by atoms with E-state index in [1.54, 1.807) is 11.9 Å². The van der Waals surface area contributed by atoms with Gasteiger partial charge in [0.2, 0.25) is 5.91 Å². The Balaban J connectivity index is 1.74. The van der Waals surface area contributed by atoms with Gasteiger partial charge in [-0.1, -0.05) is 30.3 Å². The van der Waals surface area contributed by atoms with Crippen molar-refractivity contribution in [3.05, 3.63) is 57.5 Å². The van der Waals surface area contributed by atoms with Gasteiger partial charge in [0, 0.05) is 25.7 Å². The van der Waals surface area contributed by atoms with Gasteiger partial charge in [0.15, 0.2) is 0 Å². The molecule has 2 aromatic rings. The van der Waals surface area contributed by atoms with E-state index in [9.17, 15) is 9.59 Å². The molecule has 1 aliphatic rings. The fourth-order valence-electron chi connectivity index (χ4n) is 2.81. The van der Waals surface area contributed by atoms with Crippen LogP contribution in [0.5, 0.6) is 0 Å². The van der Waals surface area contributed by atoms with Gasteiger partial charge >= 0.3 is 0 Å². The summed E-state index contributed by atoms with van der Waals surface area (Å²) < 4.78 is 0. The average molecular weight is 312 g/mol. The topological polar surface area (TPSA) is 78.1 Å². The van der Waals surface area contributed by atoms with Crippen molar-refractivity contribution < 1.29 is 4.79 Å². The van der Waals surface area contributed by atoms with Crippen LogP contribution in [0, 0.1) is 0 Å². The van der Waals surface area contributed by atoms with Crippen molar-refractivity contribution in [2.24, 2.45) is 0 Å². The normalized spacial score (nSPS) is 13.1. The molecule has 6 nitrogen and oxygen atoms in total. The minimum atomic E-state index is -0.166. The molecular weight excluding hydrogens is 292 g/mol. The molecule has 23 heavy (non-hydrogen) atoms. The average Bonchev–Trinajstić information content (AvgIpc) is 2.58. The minimum absolute atomic E-state index is 0.0250. The van der Waals surface area contributed by atoms with Gasteiger partial charge in [0.1, 0.15) is 0 Å². The summed E-state index contributed by atoms with van der Waals surface area (Å²) in [5.74, 6) is -0.0250. The number of carbonyl (C=O) groups is 1. The number of amides is 1. The Morgan fingerprint density at radius 2 is 2.09 bits per heavy atom. The molecule has 0 atom stereocenters. The second-order valence-electron chi connectivity index (χ2n) is 5.80.